The van der Waals surface area contributed by atoms with Crippen LogP contribution in [0.15, 0.2) is 23.5 Å². The maximum atomic E-state index is 5.44. The molecule has 0 fully saturated rings. The summed E-state index contributed by atoms with van der Waals surface area (Å²) in [6.45, 7) is 4.58. The van der Waals surface area contributed by atoms with Crippen LogP contribution < -0.4 is 5.73 Å². The van der Waals surface area contributed by atoms with Gasteiger partial charge in [0.1, 0.15) is 0 Å². The zero-order valence-corrected chi connectivity index (χ0v) is 7.44. The zero-order valence-electron chi connectivity index (χ0n) is 7.44. The number of rotatable bonds is 3. The van der Waals surface area contributed by atoms with E-state index in [1.807, 2.05) is 23.9 Å². The lowest BCUT2D eigenvalue weighted by molar-refractivity contribution is 0.540. The zero-order chi connectivity index (χ0) is 8.97. The van der Waals surface area contributed by atoms with E-state index < -0.39 is 0 Å². The van der Waals surface area contributed by atoms with E-state index in [9.17, 15) is 0 Å². The molecule has 2 N–H and O–H groups in total. The summed E-state index contributed by atoms with van der Waals surface area (Å²) in [5.41, 5.74) is 5.44. The third-order valence-corrected chi connectivity index (χ3v) is 1.43. The first-order chi connectivity index (χ1) is 5.68. The van der Waals surface area contributed by atoms with Gasteiger partial charge in [0.2, 0.25) is 0 Å². The molecular formula is C8H14N4. The highest BCUT2D eigenvalue weighted by Gasteiger charge is 1.99. The molecule has 0 saturated heterocycles. The SMILES string of the molecule is CC(N)=NC(C)Cn1cccn1. The van der Waals surface area contributed by atoms with Gasteiger partial charge in [-0.25, -0.2) is 0 Å². The average Bonchev–Trinajstić information content (AvgIpc) is 2.37. The first kappa shape index (κ1) is 8.77. The first-order valence-corrected chi connectivity index (χ1v) is 3.96. The maximum absolute atomic E-state index is 5.44. The molecule has 0 aliphatic rings. The first-order valence-electron chi connectivity index (χ1n) is 3.96. The lowest BCUT2D eigenvalue weighted by Gasteiger charge is -2.06. The fourth-order valence-corrected chi connectivity index (χ4v) is 1.07. The molecule has 1 aromatic rings. The van der Waals surface area contributed by atoms with Crippen molar-refractivity contribution in [1.82, 2.24) is 9.78 Å². The molecule has 4 nitrogen and oxygen atoms in total. The maximum Gasteiger partial charge on any atom is 0.0909 e. The second-order valence-electron chi connectivity index (χ2n) is 2.85. The Labute approximate surface area is 72.1 Å². The predicted molar refractivity (Wildman–Crippen MR) is 49.0 cm³/mol. The molecular weight excluding hydrogens is 152 g/mol. The van der Waals surface area contributed by atoms with E-state index in [1.165, 1.54) is 0 Å². The van der Waals surface area contributed by atoms with Crippen molar-refractivity contribution >= 4 is 5.84 Å². The number of hydrogen-bond donors (Lipinski definition) is 1. The lowest BCUT2D eigenvalue weighted by Crippen LogP contribution is -2.16. The Bertz CT molecular complexity index is 246. The van der Waals surface area contributed by atoms with Gasteiger partial charge in [-0.15, -0.1) is 0 Å². The monoisotopic (exact) mass is 166 g/mol. The van der Waals surface area contributed by atoms with E-state index in [2.05, 4.69) is 10.1 Å². The lowest BCUT2D eigenvalue weighted by atomic mass is 10.3. The third-order valence-electron chi connectivity index (χ3n) is 1.43. The van der Waals surface area contributed by atoms with Gasteiger partial charge >= 0.3 is 0 Å². The van der Waals surface area contributed by atoms with Gasteiger partial charge in [0.05, 0.1) is 18.4 Å². The van der Waals surface area contributed by atoms with Crippen molar-refractivity contribution in [2.45, 2.75) is 26.4 Å². The summed E-state index contributed by atoms with van der Waals surface area (Å²) in [5, 5.41) is 4.07. The van der Waals surface area contributed by atoms with Crippen LogP contribution in [-0.4, -0.2) is 21.7 Å². The van der Waals surface area contributed by atoms with E-state index in [4.69, 9.17) is 5.73 Å². The van der Waals surface area contributed by atoms with E-state index in [1.54, 1.807) is 13.1 Å². The Morgan fingerprint density at radius 3 is 3.00 bits per heavy atom. The van der Waals surface area contributed by atoms with Gasteiger partial charge in [-0.2, -0.15) is 5.10 Å². The van der Waals surface area contributed by atoms with Crippen molar-refractivity contribution in [2.24, 2.45) is 10.7 Å². The molecule has 0 radical (unpaired) electrons. The molecule has 1 atom stereocenters. The van der Waals surface area contributed by atoms with Gasteiger partial charge in [0, 0.05) is 12.4 Å². The van der Waals surface area contributed by atoms with Gasteiger partial charge < -0.3 is 5.73 Å². The predicted octanol–water partition coefficient (Wildman–Crippen LogP) is 0.649. The molecule has 0 aliphatic carbocycles. The minimum Gasteiger partial charge on any atom is -0.388 e. The van der Waals surface area contributed by atoms with Crippen LogP contribution in [-0.2, 0) is 6.54 Å². The molecule has 12 heavy (non-hydrogen) atoms. The van der Waals surface area contributed by atoms with Gasteiger partial charge in [-0.1, -0.05) is 0 Å². The molecule has 4 heteroatoms. The van der Waals surface area contributed by atoms with Gasteiger partial charge in [-0.05, 0) is 19.9 Å². The van der Waals surface area contributed by atoms with Gasteiger partial charge in [-0.3, -0.25) is 9.67 Å². The molecule has 1 rings (SSSR count). The summed E-state index contributed by atoms with van der Waals surface area (Å²) < 4.78 is 1.84. The number of amidine groups is 1. The molecule has 0 amide bonds. The summed E-state index contributed by atoms with van der Waals surface area (Å²) in [4.78, 5) is 4.19. The highest BCUT2D eigenvalue weighted by atomic mass is 15.3. The van der Waals surface area contributed by atoms with E-state index >= 15 is 0 Å². The number of aromatic nitrogens is 2. The van der Waals surface area contributed by atoms with Crippen molar-refractivity contribution in [1.29, 1.82) is 0 Å². The van der Waals surface area contributed by atoms with Crippen LogP contribution in [0.5, 0.6) is 0 Å². The van der Waals surface area contributed by atoms with E-state index in [0.717, 1.165) is 6.54 Å². The van der Waals surface area contributed by atoms with Crippen LogP contribution in [0.1, 0.15) is 13.8 Å². The molecule has 0 aromatic carbocycles. The molecule has 0 aliphatic heterocycles. The van der Waals surface area contributed by atoms with Crippen LogP contribution in [0.2, 0.25) is 0 Å². The van der Waals surface area contributed by atoms with E-state index in [0.29, 0.717) is 5.84 Å². The number of nitrogens with two attached hydrogens (primary N) is 1. The van der Waals surface area contributed by atoms with Crippen LogP contribution in [0.25, 0.3) is 0 Å². The Morgan fingerprint density at radius 2 is 2.50 bits per heavy atom. The minimum absolute atomic E-state index is 0.190. The van der Waals surface area contributed by atoms with Crippen molar-refractivity contribution in [2.75, 3.05) is 0 Å². The van der Waals surface area contributed by atoms with Crippen molar-refractivity contribution in [3.8, 4) is 0 Å². The summed E-state index contributed by atoms with van der Waals surface area (Å²) in [5.74, 6) is 0.620. The van der Waals surface area contributed by atoms with Gasteiger partial charge in [0.25, 0.3) is 0 Å². The highest BCUT2D eigenvalue weighted by Crippen LogP contribution is 1.94. The Morgan fingerprint density at radius 1 is 1.75 bits per heavy atom. The van der Waals surface area contributed by atoms with Crippen LogP contribution in [0.4, 0.5) is 0 Å². The van der Waals surface area contributed by atoms with Crippen LogP contribution in [0, 0.1) is 0 Å². The summed E-state index contributed by atoms with van der Waals surface area (Å²) in [6, 6.07) is 2.08. The van der Waals surface area contributed by atoms with Crippen molar-refractivity contribution in [3.63, 3.8) is 0 Å². The Hall–Kier alpha value is -1.32. The fourth-order valence-electron chi connectivity index (χ4n) is 1.07. The molecule has 1 aromatic heterocycles. The Balaban J connectivity index is 2.47. The second-order valence-corrected chi connectivity index (χ2v) is 2.85. The van der Waals surface area contributed by atoms with Gasteiger partial charge in [0.15, 0.2) is 0 Å². The topological polar surface area (TPSA) is 56.2 Å². The molecule has 0 saturated carbocycles. The molecule has 1 unspecified atom stereocenters. The fraction of sp³-hybridized carbons (Fsp3) is 0.500. The molecule has 0 bridgehead atoms. The van der Waals surface area contributed by atoms with E-state index in [-0.39, 0.29) is 6.04 Å². The molecule has 1 heterocycles. The second kappa shape index (κ2) is 3.90. The Kier molecular flexibility index (Phi) is 2.85. The van der Waals surface area contributed by atoms with Crippen LogP contribution in [0.3, 0.4) is 0 Å². The average molecular weight is 166 g/mol. The third kappa shape index (κ3) is 2.74. The number of aliphatic imine (C=N–C) groups is 1. The van der Waals surface area contributed by atoms with Crippen LogP contribution >= 0.6 is 0 Å². The van der Waals surface area contributed by atoms with Crippen molar-refractivity contribution in [3.05, 3.63) is 18.5 Å². The molecule has 0 spiro atoms. The number of nitrogens with zero attached hydrogens (tertiary/aromatic N) is 3. The quantitative estimate of drug-likeness (QED) is 0.529. The number of hydrogen-bond acceptors (Lipinski definition) is 2. The normalized spacial score (nSPS) is 14.7. The largest absolute Gasteiger partial charge is 0.388 e. The summed E-state index contributed by atoms with van der Waals surface area (Å²) in [7, 11) is 0. The smallest absolute Gasteiger partial charge is 0.0909 e. The van der Waals surface area contributed by atoms with Crippen molar-refractivity contribution < 1.29 is 0 Å². The summed E-state index contributed by atoms with van der Waals surface area (Å²) in [6.07, 6.45) is 3.67. The molecule has 66 valence electrons. The standard InChI is InChI=1S/C8H14N4/c1-7(11-8(2)9)6-12-5-3-4-10-12/h3-5,7H,6H2,1-2H3,(H2,9,11). The highest BCUT2D eigenvalue weighted by molar-refractivity contribution is 5.77. The summed E-state index contributed by atoms with van der Waals surface area (Å²) >= 11 is 0. The minimum atomic E-state index is 0.190.